The van der Waals surface area contributed by atoms with Crippen molar-refractivity contribution in [2.24, 2.45) is 0 Å². The van der Waals surface area contributed by atoms with Crippen LogP contribution in [0.4, 0.5) is 0 Å². The zero-order chi connectivity index (χ0) is 19.3. The summed E-state index contributed by atoms with van der Waals surface area (Å²) in [5.41, 5.74) is 0.891. The topological polar surface area (TPSA) is 82.1 Å². The lowest BCUT2D eigenvalue weighted by Gasteiger charge is -2.11. The van der Waals surface area contributed by atoms with Crippen LogP contribution in [-0.2, 0) is 4.79 Å². The van der Waals surface area contributed by atoms with Crippen molar-refractivity contribution in [3.8, 4) is 17.2 Å². The molecule has 1 N–H and O–H groups in total. The molecule has 2 aromatic rings. The van der Waals surface area contributed by atoms with Crippen molar-refractivity contribution in [1.29, 1.82) is 0 Å². The zero-order valence-corrected chi connectivity index (χ0v) is 16.0. The van der Waals surface area contributed by atoms with E-state index in [-0.39, 0.29) is 16.9 Å². The second-order valence-electron chi connectivity index (χ2n) is 5.25. The lowest BCUT2D eigenvalue weighted by molar-refractivity contribution is -0.130. The summed E-state index contributed by atoms with van der Waals surface area (Å²) in [5, 5.41) is 9.16. The molecule has 0 saturated carbocycles. The number of carboxylic acid groups (broad SMARTS) is 1. The largest absolute Gasteiger partial charge is 0.493 e. The number of benzene rings is 2. The molecule has 0 spiro atoms. The smallest absolute Gasteiger partial charge is 0.339 e. The van der Waals surface area contributed by atoms with E-state index in [2.05, 4.69) is 15.9 Å². The Balaban J connectivity index is 2.30. The summed E-state index contributed by atoms with van der Waals surface area (Å²) in [6.07, 6.45) is 1.61. The monoisotopic (exact) mass is 420 g/mol. The van der Waals surface area contributed by atoms with Crippen molar-refractivity contribution in [3.63, 3.8) is 0 Å². The van der Waals surface area contributed by atoms with Gasteiger partial charge in [-0.3, -0.25) is 0 Å². The van der Waals surface area contributed by atoms with Gasteiger partial charge in [0.15, 0.2) is 11.5 Å². The summed E-state index contributed by atoms with van der Waals surface area (Å²) in [6.45, 7) is 1.58. The first-order valence-electron chi connectivity index (χ1n) is 7.51. The Kier molecular flexibility index (Phi) is 6.41. The van der Waals surface area contributed by atoms with Gasteiger partial charge in [0.25, 0.3) is 0 Å². The highest BCUT2D eigenvalue weighted by molar-refractivity contribution is 9.10. The van der Waals surface area contributed by atoms with Crippen LogP contribution >= 0.6 is 15.9 Å². The van der Waals surface area contributed by atoms with Crippen LogP contribution in [0.5, 0.6) is 17.2 Å². The van der Waals surface area contributed by atoms with Gasteiger partial charge in [-0.05, 0) is 42.8 Å². The second-order valence-corrected chi connectivity index (χ2v) is 6.10. The van der Waals surface area contributed by atoms with Gasteiger partial charge in [-0.2, -0.15) is 0 Å². The van der Waals surface area contributed by atoms with Crippen molar-refractivity contribution in [3.05, 3.63) is 57.6 Å². The molecule has 0 unspecified atom stereocenters. The van der Waals surface area contributed by atoms with Gasteiger partial charge >= 0.3 is 11.9 Å². The molecule has 0 aliphatic rings. The standard InChI is InChI=1S/C19H17BrO6/c1-11(8-12-9-16(24-2)17(25-3)10-14(12)20)19(23)26-15-7-5-4-6-13(15)18(21)22/h4-10H,1-3H3,(H,21,22). The third kappa shape index (κ3) is 4.43. The number of methoxy groups -OCH3 is 2. The normalized spacial score (nSPS) is 11.0. The van der Waals surface area contributed by atoms with Crippen molar-refractivity contribution < 1.29 is 28.9 Å². The van der Waals surface area contributed by atoms with E-state index >= 15 is 0 Å². The summed E-state index contributed by atoms with van der Waals surface area (Å²) in [7, 11) is 3.05. The number of aromatic carboxylic acids is 1. The summed E-state index contributed by atoms with van der Waals surface area (Å²) >= 11 is 3.42. The van der Waals surface area contributed by atoms with Crippen LogP contribution in [0.15, 0.2) is 46.4 Å². The molecule has 0 atom stereocenters. The van der Waals surface area contributed by atoms with E-state index in [1.807, 2.05) is 0 Å². The van der Waals surface area contributed by atoms with Crippen LogP contribution in [0.1, 0.15) is 22.8 Å². The number of para-hydroxylation sites is 1. The third-order valence-electron chi connectivity index (χ3n) is 3.52. The summed E-state index contributed by atoms with van der Waals surface area (Å²) < 4.78 is 16.4. The quantitative estimate of drug-likeness (QED) is 0.428. The Morgan fingerprint density at radius 1 is 1.04 bits per heavy atom. The zero-order valence-electron chi connectivity index (χ0n) is 14.4. The maximum atomic E-state index is 12.3. The molecule has 2 aromatic carbocycles. The van der Waals surface area contributed by atoms with Gasteiger partial charge in [-0.15, -0.1) is 0 Å². The van der Waals surface area contributed by atoms with Crippen LogP contribution < -0.4 is 14.2 Å². The highest BCUT2D eigenvalue weighted by Gasteiger charge is 2.16. The van der Waals surface area contributed by atoms with E-state index in [1.165, 1.54) is 26.4 Å². The molecule has 7 heteroatoms. The third-order valence-corrected chi connectivity index (χ3v) is 4.20. The molecule has 0 aromatic heterocycles. The highest BCUT2D eigenvalue weighted by atomic mass is 79.9. The van der Waals surface area contributed by atoms with Crippen LogP contribution in [0, 0.1) is 0 Å². The van der Waals surface area contributed by atoms with E-state index in [1.54, 1.807) is 37.3 Å². The molecule has 0 fully saturated rings. The number of ether oxygens (including phenoxy) is 3. The molecular weight excluding hydrogens is 404 g/mol. The number of rotatable bonds is 6. The van der Waals surface area contributed by atoms with Gasteiger partial charge in [0.2, 0.25) is 0 Å². The highest BCUT2D eigenvalue weighted by Crippen LogP contribution is 2.34. The van der Waals surface area contributed by atoms with E-state index in [4.69, 9.17) is 19.3 Å². The van der Waals surface area contributed by atoms with Gasteiger partial charge < -0.3 is 19.3 Å². The lowest BCUT2D eigenvalue weighted by Crippen LogP contribution is -2.12. The maximum Gasteiger partial charge on any atom is 0.339 e. The first-order chi connectivity index (χ1) is 12.4. The van der Waals surface area contributed by atoms with Crippen LogP contribution in [0.2, 0.25) is 0 Å². The van der Waals surface area contributed by atoms with Gasteiger partial charge in [0.1, 0.15) is 11.3 Å². The van der Waals surface area contributed by atoms with Crippen LogP contribution in [0.25, 0.3) is 6.08 Å². The SMILES string of the molecule is COc1cc(Br)c(C=C(C)C(=O)Oc2ccccc2C(=O)O)cc1OC. The predicted octanol–water partition coefficient (Wildman–Crippen LogP) is 4.17. The fourth-order valence-corrected chi connectivity index (χ4v) is 2.62. The van der Waals surface area contributed by atoms with Gasteiger partial charge in [0, 0.05) is 10.0 Å². The van der Waals surface area contributed by atoms with Crippen LogP contribution in [-0.4, -0.2) is 31.3 Å². The Bertz CT molecular complexity index is 872. The average Bonchev–Trinajstić information content (AvgIpc) is 2.63. The molecule has 0 aliphatic carbocycles. The predicted molar refractivity (Wildman–Crippen MR) is 99.9 cm³/mol. The number of carbonyl (C=O) groups is 2. The summed E-state index contributed by atoms with van der Waals surface area (Å²) in [6, 6.07) is 9.40. The molecule has 26 heavy (non-hydrogen) atoms. The summed E-state index contributed by atoms with van der Waals surface area (Å²) in [5.74, 6) is -0.770. The Labute approximate surface area is 159 Å². The molecule has 0 saturated heterocycles. The fraction of sp³-hybridized carbons (Fsp3) is 0.158. The Morgan fingerprint density at radius 3 is 2.27 bits per heavy atom. The number of carbonyl (C=O) groups excluding carboxylic acids is 1. The van der Waals surface area contributed by atoms with Crippen molar-refractivity contribution in [1.82, 2.24) is 0 Å². The van der Waals surface area contributed by atoms with Crippen molar-refractivity contribution in [2.45, 2.75) is 6.92 Å². The molecular formula is C19H17BrO6. The lowest BCUT2D eigenvalue weighted by atomic mass is 10.1. The maximum absolute atomic E-state index is 12.3. The summed E-state index contributed by atoms with van der Waals surface area (Å²) in [4.78, 5) is 23.5. The molecule has 0 bridgehead atoms. The van der Waals surface area contributed by atoms with Crippen molar-refractivity contribution >= 4 is 33.9 Å². The molecule has 136 valence electrons. The molecule has 6 nitrogen and oxygen atoms in total. The van der Waals surface area contributed by atoms with Gasteiger partial charge in [0.05, 0.1) is 14.2 Å². The number of hydrogen-bond acceptors (Lipinski definition) is 5. The molecule has 0 aliphatic heterocycles. The number of halogens is 1. The van der Waals surface area contributed by atoms with E-state index in [0.29, 0.717) is 21.5 Å². The van der Waals surface area contributed by atoms with E-state index in [0.717, 1.165) is 0 Å². The first-order valence-corrected chi connectivity index (χ1v) is 8.31. The van der Waals surface area contributed by atoms with Crippen LogP contribution in [0.3, 0.4) is 0 Å². The van der Waals surface area contributed by atoms with Crippen molar-refractivity contribution in [2.75, 3.05) is 14.2 Å². The first kappa shape index (κ1) is 19.5. The number of esters is 1. The van der Waals surface area contributed by atoms with Gasteiger partial charge in [-0.1, -0.05) is 28.1 Å². The Hall–Kier alpha value is -2.80. The second kappa shape index (κ2) is 8.53. The van der Waals surface area contributed by atoms with Gasteiger partial charge in [-0.25, -0.2) is 9.59 Å². The van der Waals surface area contributed by atoms with E-state index in [9.17, 15) is 9.59 Å². The molecule has 0 amide bonds. The minimum atomic E-state index is -1.17. The number of carboxylic acids is 1. The number of hydrogen-bond donors (Lipinski definition) is 1. The molecule has 0 heterocycles. The Morgan fingerprint density at radius 2 is 1.65 bits per heavy atom. The fourth-order valence-electron chi connectivity index (χ4n) is 2.19. The molecule has 2 rings (SSSR count). The molecule has 0 radical (unpaired) electrons. The minimum absolute atomic E-state index is 0.0101. The minimum Gasteiger partial charge on any atom is -0.493 e. The average molecular weight is 421 g/mol. The van der Waals surface area contributed by atoms with E-state index < -0.39 is 11.9 Å².